The molecule has 10 heteroatoms. The summed E-state index contributed by atoms with van der Waals surface area (Å²) in [6.07, 6.45) is 28.1. The Balaban J connectivity index is 2.49. The van der Waals surface area contributed by atoms with Crippen LogP contribution >= 0.6 is 0 Å². The molecule has 0 aromatic rings. The van der Waals surface area contributed by atoms with Crippen molar-refractivity contribution in [2.75, 3.05) is 13.2 Å². The fraction of sp³-hybridized carbons (Fsp3) is 0.833. The van der Waals surface area contributed by atoms with Gasteiger partial charge in [-0.3, -0.25) is 4.79 Å². The highest BCUT2D eigenvalue weighted by atomic mass is 16.7. The summed E-state index contributed by atoms with van der Waals surface area (Å²) >= 11 is 0. The van der Waals surface area contributed by atoms with Gasteiger partial charge in [0.15, 0.2) is 6.29 Å². The van der Waals surface area contributed by atoms with E-state index in [1.54, 1.807) is 6.08 Å². The molecule has 0 aromatic heterocycles. The van der Waals surface area contributed by atoms with Crippen molar-refractivity contribution in [1.29, 1.82) is 0 Å². The Kier molecular flexibility index (Phi) is 30.5. The number of amides is 1. The monoisotopic (exact) mass is 740 g/mol. The van der Waals surface area contributed by atoms with Crippen LogP contribution in [0.2, 0.25) is 0 Å². The van der Waals surface area contributed by atoms with E-state index in [-0.39, 0.29) is 6.61 Å². The molecule has 304 valence electrons. The van der Waals surface area contributed by atoms with E-state index in [0.717, 1.165) is 44.9 Å². The number of carbonyl (C=O) groups excluding carboxylic acids is 1. The minimum Gasteiger partial charge on any atom is -0.394 e. The molecule has 1 aliphatic rings. The molecule has 0 bridgehead atoms. The zero-order valence-electron chi connectivity index (χ0n) is 32.7. The van der Waals surface area contributed by atoms with Gasteiger partial charge < -0.3 is 45.4 Å². The molecule has 8 atom stereocenters. The van der Waals surface area contributed by atoms with Gasteiger partial charge in [-0.25, -0.2) is 0 Å². The summed E-state index contributed by atoms with van der Waals surface area (Å²) in [5.74, 6) is -0.633. The molecular formula is C42H77NO9. The summed E-state index contributed by atoms with van der Waals surface area (Å²) < 4.78 is 11.1. The smallest absolute Gasteiger partial charge is 0.249 e. The summed E-state index contributed by atoms with van der Waals surface area (Å²) in [5, 5.41) is 64.4. The maximum absolute atomic E-state index is 13.0. The number of ether oxygens (including phenoxy) is 2. The quantitative estimate of drug-likeness (QED) is 0.0287. The van der Waals surface area contributed by atoms with E-state index < -0.39 is 61.5 Å². The van der Waals surface area contributed by atoms with Crippen LogP contribution in [0.3, 0.4) is 0 Å². The molecule has 10 nitrogen and oxygen atoms in total. The molecule has 7 N–H and O–H groups in total. The fourth-order valence-corrected chi connectivity index (χ4v) is 6.30. The van der Waals surface area contributed by atoms with Crippen molar-refractivity contribution >= 4 is 5.91 Å². The highest BCUT2D eigenvalue weighted by Crippen LogP contribution is 2.22. The Hall–Kier alpha value is -1.63. The Morgan fingerprint density at radius 1 is 0.654 bits per heavy atom. The van der Waals surface area contributed by atoms with Crippen LogP contribution < -0.4 is 5.32 Å². The number of aliphatic hydroxyl groups is 6. The molecule has 1 amide bonds. The summed E-state index contributed by atoms with van der Waals surface area (Å²) in [4.78, 5) is 13.0. The number of rotatable bonds is 33. The number of aliphatic hydroxyl groups excluding tert-OH is 6. The van der Waals surface area contributed by atoms with Gasteiger partial charge in [0, 0.05) is 0 Å². The average molecular weight is 740 g/mol. The molecule has 0 radical (unpaired) electrons. The Bertz CT molecular complexity index is 927. The SMILES string of the molecule is CCCC/C=C/CC/C=C/CC/C=C/C(O)C(COC1OC(CO)C(O)C(O)C1O)NC(=O)C(O)CCCCCCCCCCCCCCCCC. The number of unbranched alkanes of at least 4 members (excludes halogenated alkanes) is 18. The van der Waals surface area contributed by atoms with Gasteiger partial charge in [0.25, 0.3) is 0 Å². The summed E-state index contributed by atoms with van der Waals surface area (Å²) in [5.41, 5.74) is 0. The first-order valence-electron chi connectivity index (χ1n) is 20.8. The number of nitrogens with one attached hydrogen (secondary N) is 1. The van der Waals surface area contributed by atoms with Crippen molar-refractivity contribution in [3.63, 3.8) is 0 Å². The molecule has 0 aromatic carbocycles. The Morgan fingerprint density at radius 3 is 1.65 bits per heavy atom. The Labute approximate surface area is 315 Å². The van der Waals surface area contributed by atoms with Crippen molar-refractivity contribution in [1.82, 2.24) is 5.32 Å². The molecule has 1 rings (SSSR count). The molecule has 0 aliphatic carbocycles. The zero-order chi connectivity index (χ0) is 38.2. The second kappa shape index (κ2) is 32.8. The zero-order valence-corrected chi connectivity index (χ0v) is 32.7. The van der Waals surface area contributed by atoms with Gasteiger partial charge in [0.2, 0.25) is 5.91 Å². The summed E-state index contributed by atoms with van der Waals surface area (Å²) in [7, 11) is 0. The topological polar surface area (TPSA) is 169 Å². The van der Waals surface area contributed by atoms with Crippen molar-refractivity contribution in [2.24, 2.45) is 0 Å². The molecule has 1 aliphatic heterocycles. The third-order valence-corrected chi connectivity index (χ3v) is 9.80. The first-order chi connectivity index (χ1) is 25.3. The van der Waals surface area contributed by atoms with Crippen LogP contribution in [-0.2, 0) is 14.3 Å². The first kappa shape index (κ1) is 48.4. The first-order valence-corrected chi connectivity index (χ1v) is 20.8. The molecule has 0 spiro atoms. The number of hydrogen-bond donors (Lipinski definition) is 7. The van der Waals surface area contributed by atoms with Gasteiger partial charge in [-0.1, -0.05) is 159 Å². The maximum atomic E-state index is 13.0. The third kappa shape index (κ3) is 23.2. The summed E-state index contributed by atoms with van der Waals surface area (Å²) in [6, 6.07) is -0.998. The van der Waals surface area contributed by atoms with Gasteiger partial charge in [-0.05, 0) is 38.5 Å². The third-order valence-electron chi connectivity index (χ3n) is 9.80. The van der Waals surface area contributed by atoms with E-state index >= 15 is 0 Å². The van der Waals surface area contributed by atoms with E-state index in [9.17, 15) is 35.4 Å². The van der Waals surface area contributed by atoms with Crippen molar-refractivity contribution in [2.45, 2.75) is 210 Å². The van der Waals surface area contributed by atoms with Crippen LogP contribution in [0, 0.1) is 0 Å². The lowest BCUT2D eigenvalue weighted by Crippen LogP contribution is -2.60. The lowest BCUT2D eigenvalue weighted by atomic mass is 9.99. The second-order valence-electron chi connectivity index (χ2n) is 14.6. The van der Waals surface area contributed by atoms with Crippen LogP contribution in [0.5, 0.6) is 0 Å². The summed E-state index contributed by atoms with van der Waals surface area (Å²) in [6.45, 7) is 3.51. The highest BCUT2D eigenvalue weighted by Gasteiger charge is 2.44. The lowest BCUT2D eigenvalue weighted by Gasteiger charge is -2.40. The highest BCUT2D eigenvalue weighted by molar-refractivity contribution is 5.80. The van der Waals surface area contributed by atoms with Crippen LogP contribution in [0.4, 0.5) is 0 Å². The lowest BCUT2D eigenvalue weighted by molar-refractivity contribution is -0.302. The minimum absolute atomic E-state index is 0.303. The van der Waals surface area contributed by atoms with E-state index in [1.807, 2.05) is 6.08 Å². The van der Waals surface area contributed by atoms with Crippen LogP contribution in [0.25, 0.3) is 0 Å². The van der Waals surface area contributed by atoms with Crippen molar-refractivity contribution in [3.05, 3.63) is 36.5 Å². The van der Waals surface area contributed by atoms with Crippen LogP contribution in [0.15, 0.2) is 36.5 Å². The van der Waals surface area contributed by atoms with E-state index in [0.29, 0.717) is 19.3 Å². The van der Waals surface area contributed by atoms with E-state index in [2.05, 4.69) is 43.5 Å². The predicted octanol–water partition coefficient (Wildman–Crippen LogP) is 6.69. The number of hydrogen-bond acceptors (Lipinski definition) is 9. The molecule has 8 unspecified atom stereocenters. The van der Waals surface area contributed by atoms with Crippen LogP contribution in [-0.4, -0.2) is 98.7 Å². The second-order valence-corrected chi connectivity index (χ2v) is 14.6. The minimum atomic E-state index is -1.62. The van der Waals surface area contributed by atoms with Crippen LogP contribution in [0.1, 0.15) is 162 Å². The standard InChI is InChI=1S/C42H77NO9/c1-3-5-7-9-11-13-15-17-18-19-21-23-25-27-29-31-36(46)41(50)43-34(33-51-42-40(49)39(48)38(47)37(32-44)52-42)35(45)30-28-26-24-22-20-16-14-12-10-8-6-4-2/h10,12,20,22,28,30,34-40,42,44-49H,3-9,11,13-19,21,23-27,29,31-33H2,1-2H3,(H,43,50)/b12-10+,22-20+,30-28+. The molecule has 52 heavy (non-hydrogen) atoms. The van der Waals surface area contributed by atoms with Gasteiger partial charge >= 0.3 is 0 Å². The molecule has 1 saturated heterocycles. The van der Waals surface area contributed by atoms with E-state index in [4.69, 9.17) is 9.47 Å². The van der Waals surface area contributed by atoms with Gasteiger partial charge in [0.05, 0.1) is 25.4 Å². The van der Waals surface area contributed by atoms with Gasteiger partial charge in [0.1, 0.15) is 30.5 Å². The van der Waals surface area contributed by atoms with E-state index in [1.165, 1.54) is 83.5 Å². The average Bonchev–Trinajstić information content (AvgIpc) is 3.14. The normalized spacial score (nSPS) is 22.8. The number of allylic oxidation sites excluding steroid dienone is 5. The molecule has 1 heterocycles. The molecule has 1 fully saturated rings. The maximum Gasteiger partial charge on any atom is 0.249 e. The van der Waals surface area contributed by atoms with Gasteiger partial charge in [-0.2, -0.15) is 0 Å². The largest absolute Gasteiger partial charge is 0.394 e. The molecule has 0 saturated carbocycles. The van der Waals surface area contributed by atoms with Gasteiger partial charge in [-0.15, -0.1) is 0 Å². The predicted molar refractivity (Wildman–Crippen MR) is 209 cm³/mol. The molecular weight excluding hydrogens is 662 g/mol. The fourth-order valence-electron chi connectivity index (χ4n) is 6.30. The number of carbonyl (C=O) groups is 1. The van der Waals surface area contributed by atoms with Crippen molar-refractivity contribution < 1.29 is 44.9 Å². The van der Waals surface area contributed by atoms with Crippen molar-refractivity contribution in [3.8, 4) is 0 Å². The Morgan fingerprint density at radius 2 is 1.13 bits per heavy atom.